The van der Waals surface area contributed by atoms with Gasteiger partial charge in [-0.2, -0.15) is 0 Å². The highest BCUT2D eigenvalue weighted by Gasteiger charge is 2.19. The molecule has 0 aliphatic carbocycles. The highest BCUT2D eigenvalue weighted by molar-refractivity contribution is 5.71. The van der Waals surface area contributed by atoms with Crippen LogP contribution in [-0.2, 0) is 28.6 Å². The van der Waals surface area contributed by atoms with Gasteiger partial charge in [0.15, 0.2) is 6.10 Å². The Balaban J connectivity index is 4.04. The number of hydrogen-bond acceptors (Lipinski definition) is 6. The Morgan fingerprint density at radius 2 is 0.500 bits per heavy atom. The number of ether oxygens (including phenoxy) is 3. The second-order valence-electron chi connectivity index (χ2n) is 20.3. The van der Waals surface area contributed by atoms with E-state index in [1.165, 1.54) is 231 Å². The maximum absolute atomic E-state index is 12.8. The molecule has 0 bridgehead atoms. The molecule has 66 heavy (non-hydrogen) atoms. The fourth-order valence-electron chi connectivity index (χ4n) is 9.03. The molecule has 0 saturated heterocycles. The zero-order valence-corrected chi connectivity index (χ0v) is 44.7. The van der Waals surface area contributed by atoms with Gasteiger partial charge < -0.3 is 14.2 Å². The summed E-state index contributed by atoms with van der Waals surface area (Å²) in [5.74, 6) is -0.862. The van der Waals surface area contributed by atoms with Crippen LogP contribution < -0.4 is 0 Å². The zero-order valence-electron chi connectivity index (χ0n) is 44.7. The third-order valence-corrected chi connectivity index (χ3v) is 13.5. The lowest BCUT2D eigenvalue weighted by Gasteiger charge is -2.18. The minimum absolute atomic E-state index is 0.0682. The molecule has 0 aliphatic rings. The molecule has 390 valence electrons. The van der Waals surface area contributed by atoms with Gasteiger partial charge in [-0.3, -0.25) is 14.4 Å². The third-order valence-electron chi connectivity index (χ3n) is 13.5. The molecule has 6 heteroatoms. The maximum Gasteiger partial charge on any atom is 0.306 e. The van der Waals surface area contributed by atoms with Crippen LogP contribution in [0.15, 0.2) is 12.2 Å². The van der Waals surface area contributed by atoms with Gasteiger partial charge in [-0.25, -0.2) is 0 Å². The van der Waals surface area contributed by atoms with E-state index in [1.54, 1.807) is 0 Å². The van der Waals surface area contributed by atoms with Crippen LogP contribution in [0.25, 0.3) is 0 Å². The molecule has 0 saturated carbocycles. The van der Waals surface area contributed by atoms with Gasteiger partial charge in [-0.05, 0) is 44.9 Å². The minimum atomic E-state index is -0.767. The summed E-state index contributed by atoms with van der Waals surface area (Å²) in [4.78, 5) is 37.9. The molecular formula is C60H114O6. The molecule has 0 aromatic carbocycles. The molecule has 0 rings (SSSR count). The highest BCUT2D eigenvalue weighted by atomic mass is 16.6. The first-order chi connectivity index (χ1) is 32.5. The number of hydrogen-bond donors (Lipinski definition) is 0. The number of carbonyl (C=O) groups is 3. The average molecular weight is 932 g/mol. The van der Waals surface area contributed by atoms with Gasteiger partial charge in [0.2, 0.25) is 0 Å². The summed E-state index contributed by atoms with van der Waals surface area (Å²) < 4.78 is 16.8. The van der Waals surface area contributed by atoms with Crippen LogP contribution in [0.3, 0.4) is 0 Å². The van der Waals surface area contributed by atoms with Crippen molar-refractivity contribution in [3.8, 4) is 0 Å². The lowest BCUT2D eigenvalue weighted by atomic mass is 10.0. The fraction of sp³-hybridized carbons (Fsp3) is 0.917. The van der Waals surface area contributed by atoms with Crippen molar-refractivity contribution < 1.29 is 28.6 Å². The summed E-state index contributed by atoms with van der Waals surface area (Å²) in [6, 6.07) is 0. The second-order valence-corrected chi connectivity index (χ2v) is 20.3. The standard InChI is InChI=1S/C60H114O6/c1-4-7-10-13-16-19-21-23-24-25-26-27-28-29-30-31-32-33-34-35-36-38-39-41-44-47-50-53-59(62)65-56-57(55-64-58(61)52-49-46-43-18-15-12-9-6-3)66-60(63)54-51-48-45-42-40-37-22-20-17-14-11-8-5-2/h20,22,57H,4-19,21,23-56H2,1-3H3/b22-20-. The number of carbonyl (C=O) groups excluding carboxylic acids is 3. The number of unbranched alkanes of at least 4 members (excludes halogenated alkanes) is 42. The predicted molar refractivity (Wildman–Crippen MR) is 284 cm³/mol. The van der Waals surface area contributed by atoms with E-state index in [0.717, 1.165) is 64.2 Å². The van der Waals surface area contributed by atoms with Crippen LogP contribution >= 0.6 is 0 Å². The summed E-state index contributed by atoms with van der Waals surface area (Å²) in [6.45, 7) is 6.64. The average Bonchev–Trinajstić information content (AvgIpc) is 3.31. The first-order valence-corrected chi connectivity index (χ1v) is 29.7. The molecule has 0 aromatic rings. The molecule has 0 N–H and O–H groups in total. The summed E-state index contributed by atoms with van der Waals surface area (Å²) in [7, 11) is 0. The van der Waals surface area contributed by atoms with Gasteiger partial charge in [0, 0.05) is 19.3 Å². The Labute approximate surface area is 411 Å². The van der Waals surface area contributed by atoms with Crippen molar-refractivity contribution in [3.63, 3.8) is 0 Å². The van der Waals surface area contributed by atoms with Gasteiger partial charge in [0.25, 0.3) is 0 Å². The van der Waals surface area contributed by atoms with Crippen molar-refractivity contribution in [1.29, 1.82) is 0 Å². The molecule has 1 unspecified atom stereocenters. The summed E-state index contributed by atoms with van der Waals surface area (Å²) in [5.41, 5.74) is 0. The summed E-state index contributed by atoms with van der Waals surface area (Å²) in [5, 5.41) is 0. The predicted octanol–water partition coefficient (Wildman–Crippen LogP) is 19.7. The quantitative estimate of drug-likeness (QED) is 0.0262. The fourth-order valence-corrected chi connectivity index (χ4v) is 9.03. The van der Waals surface area contributed by atoms with Crippen LogP contribution in [0, 0.1) is 0 Å². The van der Waals surface area contributed by atoms with E-state index in [1.807, 2.05) is 0 Å². The molecule has 0 aliphatic heterocycles. The summed E-state index contributed by atoms with van der Waals surface area (Å²) in [6.07, 6.45) is 63.8. The lowest BCUT2D eigenvalue weighted by molar-refractivity contribution is -0.167. The number of allylic oxidation sites excluding steroid dienone is 2. The molecule has 0 radical (unpaired) electrons. The van der Waals surface area contributed by atoms with Crippen molar-refractivity contribution in [2.75, 3.05) is 13.2 Å². The van der Waals surface area contributed by atoms with Crippen LogP contribution in [0.4, 0.5) is 0 Å². The second kappa shape index (κ2) is 55.7. The van der Waals surface area contributed by atoms with E-state index in [9.17, 15) is 14.4 Å². The normalized spacial score (nSPS) is 12.0. The molecule has 1 atom stereocenters. The minimum Gasteiger partial charge on any atom is -0.462 e. The van der Waals surface area contributed by atoms with E-state index in [0.29, 0.717) is 19.3 Å². The van der Waals surface area contributed by atoms with E-state index < -0.39 is 6.10 Å². The van der Waals surface area contributed by atoms with Crippen LogP contribution in [0.2, 0.25) is 0 Å². The van der Waals surface area contributed by atoms with Crippen LogP contribution in [0.5, 0.6) is 0 Å². The molecule has 0 spiro atoms. The molecule has 0 heterocycles. The van der Waals surface area contributed by atoms with Crippen molar-refractivity contribution in [3.05, 3.63) is 12.2 Å². The van der Waals surface area contributed by atoms with E-state index in [2.05, 4.69) is 32.9 Å². The molecule has 0 amide bonds. The zero-order chi connectivity index (χ0) is 47.9. The first kappa shape index (κ1) is 64.2. The monoisotopic (exact) mass is 931 g/mol. The Morgan fingerprint density at radius 1 is 0.288 bits per heavy atom. The maximum atomic E-state index is 12.8. The number of rotatable bonds is 55. The van der Waals surface area contributed by atoms with Gasteiger partial charge in [0.1, 0.15) is 13.2 Å². The van der Waals surface area contributed by atoms with Crippen molar-refractivity contribution in [2.24, 2.45) is 0 Å². The lowest BCUT2D eigenvalue weighted by Crippen LogP contribution is -2.30. The highest BCUT2D eigenvalue weighted by Crippen LogP contribution is 2.18. The summed E-state index contributed by atoms with van der Waals surface area (Å²) >= 11 is 0. The molecule has 6 nitrogen and oxygen atoms in total. The van der Waals surface area contributed by atoms with Gasteiger partial charge in [0.05, 0.1) is 0 Å². The smallest absolute Gasteiger partial charge is 0.306 e. The van der Waals surface area contributed by atoms with Crippen molar-refractivity contribution in [1.82, 2.24) is 0 Å². The molecule has 0 aromatic heterocycles. The third kappa shape index (κ3) is 53.1. The molecular weight excluding hydrogens is 817 g/mol. The van der Waals surface area contributed by atoms with Gasteiger partial charge >= 0.3 is 17.9 Å². The largest absolute Gasteiger partial charge is 0.462 e. The van der Waals surface area contributed by atoms with Gasteiger partial charge in [-0.15, -0.1) is 0 Å². The SMILES string of the molecule is CCCCCC/C=C\CCCCCCCC(=O)OC(COC(=O)CCCCCCCCCC)COC(=O)CCCCCCCCCCCCCCCCCCCCCCCCCCCCC. The van der Waals surface area contributed by atoms with E-state index >= 15 is 0 Å². The molecule has 0 fully saturated rings. The van der Waals surface area contributed by atoms with E-state index in [4.69, 9.17) is 14.2 Å². The van der Waals surface area contributed by atoms with Crippen LogP contribution in [-0.4, -0.2) is 37.2 Å². The van der Waals surface area contributed by atoms with Crippen LogP contribution in [0.1, 0.15) is 335 Å². The topological polar surface area (TPSA) is 78.9 Å². The Kier molecular flexibility index (Phi) is 54.2. The Bertz CT molecular complexity index is 1020. The Morgan fingerprint density at radius 3 is 0.773 bits per heavy atom. The first-order valence-electron chi connectivity index (χ1n) is 29.7. The number of esters is 3. The van der Waals surface area contributed by atoms with E-state index in [-0.39, 0.29) is 31.1 Å². The Hall–Kier alpha value is -1.85. The van der Waals surface area contributed by atoms with Crippen molar-refractivity contribution in [2.45, 2.75) is 341 Å². The van der Waals surface area contributed by atoms with Crippen molar-refractivity contribution >= 4 is 17.9 Å². The van der Waals surface area contributed by atoms with Gasteiger partial charge in [-0.1, -0.05) is 283 Å².